The Morgan fingerprint density at radius 3 is 2.73 bits per heavy atom. The molecule has 33 heavy (non-hydrogen) atoms. The second-order valence-corrected chi connectivity index (χ2v) is 8.49. The number of benzene rings is 2. The van der Waals surface area contributed by atoms with E-state index in [1.165, 1.54) is 24.4 Å². The number of nitrogens with zero attached hydrogens (tertiary/aromatic N) is 4. The highest BCUT2D eigenvalue weighted by atomic mass is 35.5. The van der Waals surface area contributed by atoms with Gasteiger partial charge in [0, 0.05) is 38.5 Å². The van der Waals surface area contributed by atoms with E-state index in [0.717, 1.165) is 13.0 Å². The molecule has 0 aliphatic carbocycles. The van der Waals surface area contributed by atoms with Crippen LogP contribution in [0.4, 0.5) is 15.9 Å². The minimum atomic E-state index is -1.16. The first-order valence-corrected chi connectivity index (χ1v) is 10.8. The molecule has 0 radical (unpaired) electrons. The van der Waals surface area contributed by atoms with Gasteiger partial charge in [-0.25, -0.2) is 14.4 Å². The first-order chi connectivity index (χ1) is 15.8. The van der Waals surface area contributed by atoms with Gasteiger partial charge in [-0.2, -0.15) is 0 Å². The molecule has 1 aliphatic rings. The van der Waals surface area contributed by atoms with E-state index < -0.39 is 11.5 Å². The van der Waals surface area contributed by atoms with Gasteiger partial charge < -0.3 is 19.7 Å². The van der Waals surface area contributed by atoms with Gasteiger partial charge in [-0.15, -0.1) is 0 Å². The van der Waals surface area contributed by atoms with Crippen LogP contribution < -0.4 is 14.8 Å². The Balaban J connectivity index is 1.81. The quantitative estimate of drug-likeness (QED) is 0.578. The number of hydrogen-bond acceptors (Lipinski definition) is 7. The summed E-state index contributed by atoms with van der Waals surface area (Å²) in [6.45, 7) is 0.722. The zero-order valence-electron chi connectivity index (χ0n) is 18.9. The smallest absolute Gasteiger partial charge is 0.282 e. The maximum atomic E-state index is 14.5. The van der Waals surface area contributed by atoms with E-state index in [1.807, 2.05) is 11.9 Å². The zero-order chi connectivity index (χ0) is 23.8. The van der Waals surface area contributed by atoms with E-state index in [2.05, 4.69) is 15.3 Å². The molecule has 1 saturated heterocycles. The lowest BCUT2D eigenvalue weighted by Gasteiger charge is -2.37. The molecule has 2 heterocycles. The van der Waals surface area contributed by atoms with Gasteiger partial charge in [0.15, 0.2) is 17.3 Å². The van der Waals surface area contributed by atoms with Gasteiger partial charge >= 0.3 is 0 Å². The van der Waals surface area contributed by atoms with Crippen molar-refractivity contribution in [3.05, 3.63) is 47.5 Å². The van der Waals surface area contributed by atoms with Crippen LogP contribution in [-0.2, 0) is 4.79 Å². The summed E-state index contributed by atoms with van der Waals surface area (Å²) in [5.74, 6) is 0.402. The van der Waals surface area contributed by atoms with Crippen molar-refractivity contribution in [1.82, 2.24) is 19.8 Å². The summed E-state index contributed by atoms with van der Waals surface area (Å²) in [6, 6.07) is 8.08. The number of hydrogen-bond donors (Lipinski definition) is 1. The fourth-order valence-electron chi connectivity index (χ4n) is 4.03. The summed E-state index contributed by atoms with van der Waals surface area (Å²) in [4.78, 5) is 25.2. The van der Waals surface area contributed by atoms with Crippen molar-refractivity contribution in [3.63, 3.8) is 0 Å². The molecule has 1 N–H and O–H groups in total. The van der Waals surface area contributed by atoms with E-state index in [1.54, 1.807) is 38.4 Å². The third-order valence-corrected chi connectivity index (χ3v) is 6.06. The maximum absolute atomic E-state index is 14.5. The van der Waals surface area contributed by atoms with Crippen molar-refractivity contribution in [2.24, 2.45) is 0 Å². The summed E-state index contributed by atoms with van der Waals surface area (Å²) in [7, 11) is 6.79. The molecule has 4 rings (SSSR count). The number of nitrogens with one attached hydrogen (secondary N) is 1. The highest BCUT2D eigenvalue weighted by Gasteiger charge is 2.49. The molecule has 1 fully saturated rings. The van der Waals surface area contributed by atoms with Crippen molar-refractivity contribution in [3.8, 4) is 11.5 Å². The highest BCUT2D eigenvalue weighted by Crippen LogP contribution is 2.40. The number of fused-ring (bicyclic) bond motifs is 1. The normalized spacial score (nSPS) is 18.4. The van der Waals surface area contributed by atoms with Crippen LogP contribution in [0.25, 0.3) is 10.9 Å². The molecule has 1 aromatic heterocycles. The first-order valence-electron chi connectivity index (χ1n) is 10.4. The van der Waals surface area contributed by atoms with E-state index in [9.17, 15) is 9.18 Å². The van der Waals surface area contributed by atoms with Crippen molar-refractivity contribution in [1.29, 1.82) is 0 Å². The third kappa shape index (κ3) is 4.14. The molecular formula is C23H25ClFN5O3. The van der Waals surface area contributed by atoms with Gasteiger partial charge in [0.2, 0.25) is 5.72 Å². The van der Waals surface area contributed by atoms with Crippen molar-refractivity contribution in [2.75, 3.05) is 40.1 Å². The average molecular weight is 474 g/mol. The molecule has 0 bridgehead atoms. The summed E-state index contributed by atoms with van der Waals surface area (Å²) >= 11 is 5.92. The lowest BCUT2D eigenvalue weighted by atomic mass is 10.1. The molecule has 1 unspecified atom stereocenters. The van der Waals surface area contributed by atoms with Gasteiger partial charge in [-0.05, 0) is 31.7 Å². The zero-order valence-corrected chi connectivity index (χ0v) is 19.6. The fourth-order valence-corrected chi connectivity index (χ4v) is 4.21. The minimum Gasteiger partial charge on any atom is -0.493 e. The van der Waals surface area contributed by atoms with Crippen LogP contribution in [0.2, 0.25) is 5.02 Å². The number of likely N-dealkylation sites (N-methyl/N-ethyl adjacent to an activating group) is 2. The molecular weight excluding hydrogens is 449 g/mol. The van der Waals surface area contributed by atoms with Gasteiger partial charge in [-0.1, -0.05) is 17.7 Å². The van der Waals surface area contributed by atoms with Crippen molar-refractivity contribution in [2.45, 2.75) is 18.6 Å². The maximum Gasteiger partial charge on any atom is 0.282 e. The van der Waals surface area contributed by atoms with E-state index in [-0.39, 0.29) is 16.6 Å². The van der Waals surface area contributed by atoms with Gasteiger partial charge in [0.1, 0.15) is 12.1 Å². The molecule has 0 saturated carbocycles. The van der Waals surface area contributed by atoms with Crippen molar-refractivity contribution < 1.29 is 18.7 Å². The number of methoxy groups -OCH3 is 1. The summed E-state index contributed by atoms with van der Waals surface area (Å²) in [5, 5.41) is 3.55. The van der Waals surface area contributed by atoms with Crippen molar-refractivity contribution >= 4 is 39.9 Å². The topological polar surface area (TPSA) is 79.8 Å². The van der Waals surface area contributed by atoms with E-state index in [4.69, 9.17) is 21.1 Å². The summed E-state index contributed by atoms with van der Waals surface area (Å²) < 4.78 is 26.4. The number of amides is 1. The van der Waals surface area contributed by atoms with Gasteiger partial charge in [-0.3, -0.25) is 9.69 Å². The number of likely N-dealkylation sites (tertiary alicyclic amines) is 1. The summed E-state index contributed by atoms with van der Waals surface area (Å²) in [5.41, 5.74) is -0.422. The Bertz CT molecular complexity index is 1210. The minimum absolute atomic E-state index is 0.00235. The highest BCUT2D eigenvalue weighted by molar-refractivity contribution is 6.31. The molecule has 3 aromatic rings. The molecule has 1 atom stereocenters. The van der Waals surface area contributed by atoms with Crippen LogP contribution in [-0.4, -0.2) is 66.2 Å². The number of anilines is 2. The van der Waals surface area contributed by atoms with Crippen LogP contribution in [0.15, 0.2) is 36.7 Å². The largest absolute Gasteiger partial charge is 0.493 e. The Labute approximate surface area is 196 Å². The number of ether oxygens (including phenoxy) is 2. The molecule has 1 aliphatic heterocycles. The lowest BCUT2D eigenvalue weighted by Crippen LogP contribution is -2.57. The monoisotopic (exact) mass is 473 g/mol. The second kappa shape index (κ2) is 8.99. The number of carbonyl (C=O) groups is 1. The third-order valence-electron chi connectivity index (χ3n) is 5.77. The molecule has 8 nitrogen and oxygen atoms in total. The average Bonchev–Trinajstić information content (AvgIpc) is 3.17. The van der Waals surface area contributed by atoms with Gasteiger partial charge in [0.05, 0.1) is 23.3 Å². The van der Waals surface area contributed by atoms with Crippen LogP contribution in [0.5, 0.6) is 11.5 Å². The molecule has 0 spiro atoms. The summed E-state index contributed by atoms with van der Waals surface area (Å²) in [6.07, 6.45) is 2.72. The number of aromatic nitrogens is 2. The number of carbonyl (C=O) groups excluding carboxylic acids is 1. The SMILES string of the molecule is COc1cc2ncnc(Nc3cccc(Cl)c3F)c2cc1OC1(C(=O)N(C)C)CCCN1C. The number of rotatable bonds is 6. The van der Waals surface area contributed by atoms with Crippen LogP contribution in [0.1, 0.15) is 12.8 Å². The fraction of sp³-hybridized carbons (Fsp3) is 0.348. The first kappa shape index (κ1) is 23.0. The molecule has 2 aromatic carbocycles. The Morgan fingerprint density at radius 1 is 1.27 bits per heavy atom. The lowest BCUT2D eigenvalue weighted by molar-refractivity contribution is -0.158. The predicted octanol–water partition coefficient (Wildman–Crippen LogP) is 4.06. The van der Waals surface area contributed by atoms with E-state index >= 15 is 0 Å². The Hall–Kier alpha value is -3.17. The Morgan fingerprint density at radius 2 is 2.06 bits per heavy atom. The Kier molecular flexibility index (Phi) is 6.27. The standard InChI is InChI=1S/C23H25ClFN5O3/c1-29(2)22(31)23(9-6-10-30(23)3)33-19-11-14-17(12-18(19)32-4)26-13-27-21(14)28-16-8-5-7-15(24)20(16)25/h5,7-8,11-13H,6,9-10H2,1-4H3,(H,26,27,28). The second-order valence-electron chi connectivity index (χ2n) is 8.08. The molecule has 1 amide bonds. The molecule has 174 valence electrons. The van der Waals surface area contributed by atoms with Gasteiger partial charge in [0.25, 0.3) is 5.91 Å². The van der Waals surface area contributed by atoms with E-state index in [0.29, 0.717) is 34.6 Å². The number of halogens is 2. The van der Waals surface area contributed by atoms with Crippen LogP contribution in [0, 0.1) is 5.82 Å². The van der Waals surface area contributed by atoms with Crippen LogP contribution >= 0.6 is 11.6 Å². The predicted molar refractivity (Wildman–Crippen MR) is 125 cm³/mol. The van der Waals surface area contributed by atoms with Crippen LogP contribution in [0.3, 0.4) is 0 Å². The molecule has 10 heteroatoms.